The highest BCUT2D eigenvalue weighted by Gasteiger charge is 2.33. The lowest BCUT2D eigenvalue weighted by Crippen LogP contribution is -2.54. The fraction of sp³-hybridized carbons (Fsp3) is 0.895. The molecule has 2 aliphatic heterocycles. The number of carbonyl (C=O) groups excluding carboxylic acids is 1. The van der Waals surface area contributed by atoms with Gasteiger partial charge >= 0.3 is 0 Å². The molecule has 8 nitrogen and oxygen atoms in total. The first kappa shape index (κ1) is 21.9. The van der Waals surface area contributed by atoms with E-state index in [1.54, 1.807) is 7.11 Å². The van der Waals surface area contributed by atoms with Crippen LogP contribution >= 0.6 is 0 Å². The minimum Gasteiger partial charge on any atom is -0.381 e. The summed E-state index contributed by atoms with van der Waals surface area (Å²) in [4.78, 5) is 21.3. The summed E-state index contributed by atoms with van der Waals surface area (Å²) in [6, 6.07) is 0.185. The number of hydrogen-bond donors (Lipinski definition) is 2. The van der Waals surface area contributed by atoms with Gasteiger partial charge in [-0.05, 0) is 20.8 Å². The van der Waals surface area contributed by atoms with Gasteiger partial charge in [0.1, 0.15) is 0 Å². The van der Waals surface area contributed by atoms with E-state index in [-0.39, 0.29) is 17.6 Å². The molecule has 0 aliphatic carbocycles. The minimum absolute atomic E-state index is 0.0978. The molecule has 0 saturated carbocycles. The zero-order valence-corrected chi connectivity index (χ0v) is 17.4. The van der Waals surface area contributed by atoms with Gasteiger partial charge in [-0.25, -0.2) is 0 Å². The van der Waals surface area contributed by atoms with E-state index in [0.717, 1.165) is 64.7 Å². The van der Waals surface area contributed by atoms with Crippen molar-refractivity contribution in [3.05, 3.63) is 0 Å². The molecule has 2 aliphatic rings. The molecule has 0 aromatic heterocycles. The Kier molecular flexibility index (Phi) is 8.79. The van der Waals surface area contributed by atoms with Gasteiger partial charge in [0.15, 0.2) is 5.96 Å². The molecule has 2 fully saturated rings. The molecule has 0 bridgehead atoms. The zero-order valence-electron chi connectivity index (χ0n) is 17.4. The molecule has 0 aromatic carbocycles. The van der Waals surface area contributed by atoms with Gasteiger partial charge in [0.25, 0.3) is 0 Å². The van der Waals surface area contributed by atoms with Crippen LogP contribution in [0.5, 0.6) is 0 Å². The van der Waals surface area contributed by atoms with Crippen molar-refractivity contribution >= 4 is 11.9 Å². The van der Waals surface area contributed by atoms with Gasteiger partial charge in [-0.15, -0.1) is 0 Å². The van der Waals surface area contributed by atoms with Crippen LogP contribution in [-0.4, -0.2) is 99.4 Å². The largest absolute Gasteiger partial charge is 0.381 e. The lowest BCUT2D eigenvalue weighted by molar-refractivity contribution is -0.123. The van der Waals surface area contributed by atoms with Crippen LogP contribution < -0.4 is 10.6 Å². The van der Waals surface area contributed by atoms with Crippen LogP contribution in [0.4, 0.5) is 0 Å². The van der Waals surface area contributed by atoms with Crippen molar-refractivity contribution in [2.75, 3.05) is 66.1 Å². The first-order chi connectivity index (χ1) is 13.0. The highest BCUT2D eigenvalue weighted by Crippen LogP contribution is 2.24. The normalized spacial score (nSPS) is 21.4. The topological polar surface area (TPSA) is 78.4 Å². The van der Waals surface area contributed by atoms with E-state index in [1.807, 2.05) is 13.8 Å². The van der Waals surface area contributed by atoms with Gasteiger partial charge in [0, 0.05) is 71.9 Å². The molecule has 2 heterocycles. The van der Waals surface area contributed by atoms with Crippen LogP contribution in [-0.2, 0) is 14.3 Å². The Balaban J connectivity index is 1.88. The number of nitrogens with zero attached hydrogens (tertiary/aromatic N) is 3. The van der Waals surface area contributed by atoms with Crippen LogP contribution in [0.25, 0.3) is 0 Å². The quantitative estimate of drug-likeness (QED) is 0.486. The summed E-state index contributed by atoms with van der Waals surface area (Å²) in [5.74, 6) is 1.03. The van der Waals surface area contributed by atoms with Gasteiger partial charge in [-0.1, -0.05) is 0 Å². The number of guanidine groups is 1. The lowest BCUT2D eigenvalue weighted by atomic mass is 9.94. The molecule has 0 atom stereocenters. The predicted molar refractivity (Wildman–Crippen MR) is 107 cm³/mol. The molecule has 2 N–H and O–H groups in total. The summed E-state index contributed by atoms with van der Waals surface area (Å²) >= 11 is 0. The molecule has 0 aromatic rings. The Morgan fingerprint density at radius 2 is 1.89 bits per heavy atom. The van der Waals surface area contributed by atoms with E-state index in [4.69, 9.17) is 14.5 Å². The van der Waals surface area contributed by atoms with E-state index < -0.39 is 0 Å². The molecule has 2 saturated heterocycles. The Morgan fingerprint density at radius 3 is 2.44 bits per heavy atom. The van der Waals surface area contributed by atoms with Crippen molar-refractivity contribution in [2.24, 2.45) is 4.99 Å². The number of hydrogen-bond acceptors (Lipinski definition) is 5. The van der Waals surface area contributed by atoms with Gasteiger partial charge in [-0.3, -0.25) is 14.7 Å². The van der Waals surface area contributed by atoms with Gasteiger partial charge in [0.2, 0.25) is 5.91 Å². The summed E-state index contributed by atoms with van der Waals surface area (Å²) in [7, 11) is 1.77. The Bertz CT molecular complexity index is 484. The molecule has 2 rings (SSSR count). The SMILES string of the molecule is CCNC(=NCC1(OC)CCOCC1)N1CCN(CC(=O)NC(C)C)CC1. The number of ether oxygens (including phenoxy) is 2. The van der Waals surface area contributed by atoms with Crippen molar-refractivity contribution in [1.82, 2.24) is 20.4 Å². The van der Waals surface area contributed by atoms with Gasteiger partial charge < -0.3 is 25.0 Å². The lowest BCUT2D eigenvalue weighted by Gasteiger charge is -2.38. The van der Waals surface area contributed by atoms with Gasteiger partial charge in [-0.2, -0.15) is 0 Å². The van der Waals surface area contributed by atoms with Crippen molar-refractivity contribution in [1.29, 1.82) is 0 Å². The summed E-state index contributed by atoms with van der Waals surface area (Å²) in [5, 5.41) is 6.36. The average molecular weight is 384 g/mol. The van der Waals surface area contributed by atoms with Crippen LogP contribution in [0.3, 0.4) is 0 Å². The fourth-order valence-electron chi connectivity index (χ4n) is 3.50. The number of aliphatic imine (C=N–C) groups is 1. The molecule has 1 amide bonds. The highest BCUT2D eigenvalue weighted by atomic mass is 16.5. The number of methoxy groups -OCH3 is 1. The Hall–Kier alpha value is -1.38. The van der Waals surface area contributed by atoms with Crippen LogP contribution in [0.1, 0.15) is 33.6 Å². The standard InChI is InChI=1S/C19H37N5O3/c1-5-20-18(21-15-19(26-4)6-12-27-13-7-19)24-10-8-23(9-11-24)14-17(25)22-16(2)3/h16H,5-15H2,1-4H3,(H,20,21)(H,22,25). The monoisotopic (exact) mass is 383 g/mol. The van der Waals surface area contributed by atoms with E-state index in [1.165, 1.54) is 0 Å². The second kappa shape index (κ2) is 10.8. The Morgan fingerprint density at radius 1 is 1.22 bits per heavy atom. The number of nitrogens with one attached hydrogen (secondary N) is 2. The smallest absolute Gasteiger partial charge is 0.234 e. The van der Waals surface area contributed by atoms with Crippen LogP contribution in [0.15, 0.2) is 4.99 Å². The molecular weight excluding hydrogens is 346 g/mol. The maximum absolute atomic E-state index is 12.0. The van der Waals surface area contributed by atoms with Gasteiger partial charge in [0.05, 0.1) is 18.7 Å². The van der Waals surface area contributed by atoms with Crippen LogP contribution in [0, 0.1) is 0 Å². The Labute approximate surface area is 163 Å². The number of carbonyl (C=O) groups is 1. The maximum Gasteiger partial charge on any atom is 0.234 e. The number of rotatable bonds is 7. The first-order valence-corrected chi connectivity index (χ1v) is 10.2. The molecule has 27 heavy (non-hydrogen) atoms. The summed E-state index contributed by atoms with van der Waals surface area (Å²) in [6.45, 7) is 12.9. The van der Waals surface area contributed by atoms with E-state index in [0.29, 0.717) is 13.1 Å². The van der Waals surface area contributed by atoms with Crippen molar-refractivity contribution in [2.45, 2.75) is 45.3 Å². The summed E-state index contributed by atoms with van der Waals surface area (Å²) < 4.78 is 11.3. The number of amides is 1. The molecule has 156 valence electrons. The molecular formula is C19H37N5O3. The zero-order chi connectivity index (χ0) is 19.7. The third-order valence-corrected chi connectivity index (χ3v) is 5.18. The highest BCUT2D eigenvalue weighted by molar-refractivity contribution is 5.80. The fourth-order valence-corrected chi connectivity index (χ4v) is 3.50. The van der Waals surface area contributed by atoms with E-state index in [2.05, 4.69) is 27.4 Å². The number of piperazine rings is 1. The van der Waals surface area contributed by atoms with E-state index >= 15 is 0 Å². The second-order valence-corrected chi connectivity index (χ2v) is 7.66. The van der Waals surface area contributed by atoms with Crippen LogP contribution in [0.2, 0.25) is 0 Å². The summed E-state index contributed by atoms with van der Waals surface area (Å²) in [5.41, 5.74) is -0.213. The van der Waals surface area contributed by atoms with Crippen molar-refractivity contribution in [3.8, 4) is 0 Å². The molecule has 0 unspecified atom stereocenters. The molecule has 0 spiro atoms. The molecule has 0 radical (unpaired) electrons. The summed E-state index contributed by atoms with van der Waals surface area (Å²) in [6.07, 6.45) is 1.76. The average Bonchev–Trinajstić information content (AvgIpc) is 2.66. The van der Waals surface area contributed by atoms with Crippen molar-refractivity contribution in [3.63, 3.8) is 0 Å². The maximum atomic E-state index is 12.0. The first-order valence-electron chi connectivity index (χ1n) is 10.2. The molecule has 8 heteroatoms. The second-order valence-electron chi connectivity index (χ2n) is 7.66. The third kappa shape index (κ3) is 6.93. The minimum atomic E-state index is -0.213. The predicted octanol–water partition coefficient (Wildman–Crippen LogP) is 0.290. The van der Waals surface area contributed by atoms with Crippen molar-refractivity contribution < 1.29 is 14.3 Å². The third-order valence-electron chi connectivity index (χ3n) is 5.18. The van der Waals surface area contributed by atoms with E-state index in [9.17, 15) is 4.79 Å².